The van der Waals surface area contributed by atoms with Crippen LogP contribution in [0.3, 0.4) is 0 Å². The van der Waals surface area contributed by atoms with Crippen LogP contribution in [0.1, 0.15) is 36.9 Å². The van der Waals surface area contributed by atoms with Crippen molar-refractivity contribution in [1.29, 1.82) is 0 Å². The molecular weight excluding hydrogens is 353 g/mol. The number of carboxylic acid groups (broad SMARTS) is 1. The zero-order chi connectivity index (χ0) is 19.7. The molecule has 2 amide bonds. The summed E-state index contributed by atoms with van der Waals surface area (Å²) in [7, 11) is 1.46. The highest BCUT2D eigenvalue weighted by Crippen LogP contribution is 2.31. The van der Waals surface area contributed by atoms with Crippen molar-refractivity contribution in [3.05, 3.63) is 35.4 Å². The Hall–Kier alpha value is -2.29. The Balaban J connectivity index is 2.87. The number of halogens is 3. The van der Waals surface area contributed by atoms with Gasteiger partial charge in [0.15, 0.2) is 0 Å². The molecule has 0 saturated heterocycles. The number of carboxylic acids is 1. The second-order valence-corrected chi connectivity index (χ2v) is 5.71. The number of urea groups is 1. The maximum Gasteiger partial charge on any atom is 0.416 e. The number of aliphatic carboxylic acids is 1. The Labute approximate surface area is 149 Å². The standard InChI is InChI=1S/C17H23F3N2O4/c1-12(13-5-3-6-14(11-13)17(18,19)20)22(9-10-26-2)16(25)21-8-4-7-15(23)24/h3,5-6,11-12H,4,7-10H2,1-2H3,(H,21,25)(H,23,24). The van der Waals surface area contributed by atoms with E-state index in [2.05, 4.69) is 5.32 Å². The fraction of sp³-hybridized carbons (Fsp3) is 0.529. The number of carbonyl (C=O) groups is 2. The lowest BCUT2D eigenvalue weighted by Crippen LogP contribution is -2.43. The predicted molar refractivity (Wildman–Crippen MR) is 88.7 cm³/mol. The quantitative estimate of drug-likeness (QED) is 0.649. The predicted octanol–water partition coefficient (Wildman–Crippen LogP) is 3.29. The van der Waals surface area contributed by atoms with E-state index < -0.39 is 29.8 Å². The van der Waals surface area contributed by atoms with Gasteiger partial charge in [-0.25, -0.2) is 4.79 Å². The molecule has 6 nitrogen and oxygen atoms in total. The lowest BCUT2D eigenvalue weighted by Gasteiger charge is -2.30. The van der Waals surface area contributed by atoms with Crippen molar-refractivity contribution in [3.63, 3.8) is 0 Å². The fourth-order valence-corrected chi connectivity index (χ4v) is 2.35. The van der Waals surface area contributed by atoms with Crippen molar-refractivity contribution >= 4 is 12.0 Å². The van der Waals surface area contributed by atoms with Crippen LogP contribution in [0.15, 0.2) is 24.3 Å². The third-order valence-electron chi connectivity index (χ3n) is 3.80. The molecule has 2 N–H and O–H groups in total. The van der Waals surface area contributed by atoms with Crippen molar-refractivity contribution < 1.29 is 32.6 Å². The number of nitrogens with zero attached hydrogens (tertiary/aromatic N) is 1. The number of amides is 2. The summed E-state index contributed by atoms with van der Waals surface area (Å²) in [4.78, 5) is 24.2. The molecule has 0 spiro atoms. The van der Waals surface area contributed by atoms with E-state index in [9.17, 15) is 22.8 Å². The summed E-state index contributed by atoms with van der Waals surface area (Å²) in [6.45, 7) is 2.18. The summed E-state index contributed by atoms with van der Waals surface area (Å²) in [5, 5.41) is 11.2. The van der Waals surface area contributed by atoms with E-state index in [0.717, 1.165) is 12.1 Å². The molecule has 26 heavy (non-hydrogen) atoms. The number of ether oxygens (including phenoxy) is 1. The van der Waals surface area contributed by atoms with E-state index in [0.29, 0.717) is 5.56 Å². The highest BCUT2D eigenvalue weighted by Gasteiger charge is 2.31. The van der Waals surface area contributed by atoms with Gasteiger partial charge in [-0.1, -0.05) is 12.1 Å². The van der Waals surface area contributed by atoms with E-state index in [1.807, 2.05) is 0 Å². The van der Waals surface area contributed by atoms with Gasteiger partial charge < -0.3 is 20.1 Å². The number of alkyl halides is 3. The molecule has 0 heterocycles. The molecule has 0 bridgehead atoms. The van der Waals surface area contributed by atoms with Gasteiger partial charge in [0.2, 0.25) is 0 Å². The Morgan fingerprint density at radius 3 is 2.62 bits per heavy atom. The first-order valence-electron chi connectivity index (χ1n) is 8.09. The van der Waals surface area contributed by atoms with Crippen LogP contribution in [0.5, 0.6) is 0 Å². The van der Waals surface area contributed by atoms with Crippen molar-refractivity contribution in [2.24, 2.45) is 0 Å². The van der Waals surface area contributed by atoms with Gasteiger partial charge in [0.1, 0.15) is 0 Å². The fourth-order valence-electron chi connectivity index (χ4n) is 2.35. The summed E-state index contributed by atoms with van der Waals surface area (Å²) >= 11 is 0. The van der Waals surface area contributed by atoms with Gasteiger partial charge in [0.05, 0.1) is 18.2 Å². The zero-order valence-electron chi connectivity index (χ0n) is 14.7. The van der Waals surface area contributed by atoms with Crippen LogP contribution in [-0.4, -0.2) is 48.8 Å². The van der Waals surface area contributed by atoms with E-state index in [1.54, 1.807) is 6.92 Å². The maximum atomic E-state index is 12.9. The second kappa shape index (κ2) is 10.0. The molecule has 1 aromatic carbocycles. The van der Waals surface area contributed by atoms with Crippen molar-refractivity contribution in [1.82, 2.24) is 10.2 Å². The Morgan fingerprint density at radius 2 is 2.04 bits per heavy atom. The van der Waals surface area contributed by atoms with Crippen LogP contribution in [0, 0.1) is 0 Å². The molecule has 1 rings (SSSR count). The minimum atomic E-state index is -4.47. The minimum absolute atomic E-state index is 0.0818. The third kappa shape index (κ3) is 6.91. The lowest BCUT2D eigenvalue weighted by atomic mass is 10.0. The molecular formula is C17H23F3N2O4. The van der Waals surface area contributed by atoms with E-state index in [4.69, 9.17) is 9.84 Å². The molecule has 0 aliphatic carbocycles. The number of hydrogen-bond donors (Lipinski definition) is 2. The van der Waals surface area contributed by atoms with Crippen LogP contribution in [-0.2, 0) is 15.7 Å². The van der Waals surface area contributed by atoms with Gasteiger partial charge >= 0.3 is 18.2 Å². The first kappa shape index (κ1) is 21.8. The SMILES string of the molecule is COCCN(C(=O)NCCCC(=O)O)C(C)c1cccc(C(F)(F)F)c1. The minimum Gasteiger partial charge on any atom is -0.481 e. The first-order valence-corrected chi connectivity index (χ1v) is 8.09. The maximum absolute atomic E-state index is 12.9. The summed E-state index contributed by atoms with van der Waals surface area (Å²) in [6, 6.07) is 3.71. The van der Waals surface area contributed by atoms with Gasteiger partial charge in [-0.2, -0.15) is 13.2 Å². The number of benzene rings is 1. The van der Waals surface area contributed by atoms with Gasteiger partial charge in [-0.3, -0.25) is 4.79 Å². The summed E-state index contributed by atoms with van der Waals surface area (Å²) in [5.41, 5.74) is -0.438. The number of methoxy groups -OCH3 is 1. The molecule has 0 aliphatic heterocycles. The third-order valence-corrected chi connectivity index (χ3v) is 3.80. The van der Waals surface area contributed by atoms with Gasteiger partial charge in [0, 0.05) is 26.6 Å². The molecule has 9 heteroatoms. The monoisotopic (exact) mass is 376 g/mol. The van der Waals surface area contributed by atoms with E-state index in [-0.39, 0.29) is 32.5 Å². The molecule has 1 unspecified atom stereocenters. The van der Waals surface area contributed by atoms with Crippen LogP contribution in [0.2, 0.25) is 0 Å². The Bertz CT molecular complexity index is 608. The number of rotatable bonds is 9. The average Bonchev–Trinajstić information content (AvgIpc) is 2.58. The Kier molecular flexibility index (Phi) is 8.37. The molecule has 0 radical (unpaired) electrons. The van der Waals surface area contributed by atoms with Crippen molar-refractivity contribution in [2.45, 2.75) is 32.0 Å². The highest BCUT2D eigenvalue weighted by molar-refractivity contribution is 5.75. The van der Waals surface area contributed by atoms with Crippen molar-refractivity contribution in [3.8, 4) is 0 Å². The van der Waals surface area contributed by atoms with Crippen LogP contribution in [0.25, 0.3) is 0 Å². The van der Waals surface area contributed by atoms with Gasteiger partial charge in [0.25, 0.3) is 0 Å². The molecule has 1 atom stereocenters. The van der Waals surface area contributed by atoms with Gasteiger partial charge in [-0.15, -0.1) is 0 Å². The largest absolute Gasteiger partial charge is 0.481 e. The smallest absolute Gasteiger partial charge is 0.416 e. The summed E-state index contributed by atoms with van der Waals surface area (Å²) in [5.74, 6) is -0.965. The summed E-state index contributed by atoms with van der Waals surface area (Å²) < 4.78 is 43.7. The second-order valence-electron chi connectivity index (χ2n) is 5.71. The molecule has 0 aliphatic rings. The topological polar surface area (TPSA) is 78.9 Å². The van der Waals surface area contributed by atoms with Crippen LogP contribution < -0.4 is 5.32 Å². The van der Waals surface area contributed by atoms with Gasteiger partial charge in [-0.05, 0) is 31.0 Å². The molecule has 146 valence electrons. The molecule has 0 saturated carbocycles. The average molecular weight is 376 g/mol. The summed E-state index contributed by atoms with van der Waals surface area (Å²) in [6.07, 6.45) is -4.29. The van der Waals surface area contributed by atoms with E-state index in [1.165, 1.54) is 24.1 Å². The highest BCUT2D eigenvalue weighted by atomic mass is 19.4. The lowest BCUT2D eigenvalue weighted by molar-refractivity contribution is -0.138. The molecule has 0 fully saturated rings. The first-order chi connectivity index (χ1) is 12.2. The van der Waals surface area contributed by atoms with Crippen LogP contribution in [0.4, 0.5) is 18.0 Å². The number of hydrogen-bond acceptors (Lipinski definition) is 3. The van der Waals surface area contributed by atoms with E-state index >= 15 is 0 Å². The number of nitrogens with one attached hydrogen (secondary N) is 1. The molecule has 1 aromatic rings. The van der Waals surface area contributed by atoms with Crippen LogP contribution >= 0.6 is 0 Å². The number of carbonyl (C=O) groups excluding carboxylic acids is 1. The van der Waals surface area contributed by atoms with Crippen molar-refractivity contribution in [2.75, 3.05) is 26.8 Å². The molecule has 0 aromatic heterocycles. The Morgan fingerprint density at radius 1 is 1.35 bits per heavy atom. The normalized spacial score (nSPS) is 12.5. The zero-order valence-corrected chi connectivity index (χ0v) is 14.7.